The molecule has 1 amide bonds. The number of halogens is 1. The van der Waals surface area contributed by atoms with E-state index in [1.807, 2.05) is 53.4 Å². The van der Waals surface area contributed by atoms with Crippen molar-refractivity contribution in [2.75, 3.05) is 32.7 Å². The quantitative estimate of drug-likeness (QED) is 0.616. The maximum atomic E-state index is 13.0. The Morgan fingerprint density at radius 3 is 2.31 bits per heavy atom. The lowest BCUT2D eigenvalue weighted by atomic mass is 10.1. The fourth-order valence-electron chi connectivity index (χ4n) is 3.30. The average molecular weight is 427 g/mol. The van der Waals surface area contributed by atoms with Crippen molar-refractivity contribution >= 4 is 35.9 Å². The number of aromatic nitrogens is 2. The molecule has 1 fully saturated rings. The van der Waals surface area contributed by atoms with Gasteiger partial charge in [0, 0.05) is 38.3 Å². The first-order valence-corrected chi connectivity index (χ1v) is 10.2. The Kier molecular flexibility index (Phi) is 7.52. The normalized spacial score (nSPS) is 14.7. The van der Waals surface area contributed by atoms with Crippen LogP contribution in [0.4, 0.5) is 0 Å². The summed E-state index contributed by atoms with van der Waals surface area (Å²) in [5, 5.41) is 4.19. The molecule has 0 radical (unpaired) electrons. The Hall–Kier alpha value is -2.54. The summed E-state index contributed by atoms with van der Waals surface area (Å²) in [5.74, 6) is 0.0355. The monoisotopic (exact) mass is 426 g/mol. The molecule has 0 unspecified atom stereocenters. The fourth-order valence-corrected chi connectivity index (χ4v) is 3.95. The first-order chi connectivity index (χ1) is 13.8. The van der Waals surface area contributed by atoms with E-state index in [9.17, 15) is 4.79 Å². The molecule has 150 valence electrons. The number of amides is 1. The van der Waals surface area contributed by atoms with Crippen LogP contribution in [0.5, 0.6) is 0 Å². The van der Waals surface area contributed by atoms with E-state index in [1.54, 1.807) is 0 Å². The van der Waals surface area contributed by atoms with Crippen LogP contribution < -0.4 is 0 Å². The highest BCUT2D eigenvalue weighted by molar-refractivity contribution is 7.08. The van der Waals surface area contributed by atoms with Gasteiger partial charge in [-0.05, 0) is 17.1 Å². The summed E-state index contributed by atoms with van der Waals surface area (Å²) in [5.41, 5.74) is 2.83. The molecule has 0 spiro atoms. The highest BCUT2D eigenvalue weighted by atomic mass is 35.5. The molecule has 0 atom stereocenters. The van der Waals surface area contributed by atoms with E-state index in [2.05, 4.69) is 38.8 Å². The van der Waals surface area contributed by atoms with Crippen LogP contribution in [0.15, 0.2) is 66.7 Å². The van der Waals surface area contributed by atoms with Gasteiger partial charge < -0.3 is 4.90 Å². The predicted molar refractivity (Wildman–Crippen MR) is 120 cm³/mol. The molecule has 1 aromatic heterocycles. The summed E-state index contributed by atoms with van der Waals surface area (Å²) >= 11 is 1.18. The molecule has 3 aromatic rings. The van der Waals surface area contributed by atoms with Crippen LogP contribution >= 0.6 is 23.9 Å². The second-order valence-electron chi connectivity index (χ2n) is 6.72. The molecule has 0 bridgehead atoms. The van der Waals surface area contributed by atoms with Gasteiger partial charge in [-0.2, -0.15) is 0 Å². The number of rotatable bonds is 5. The smallest absolute Gasteiger partial charge is 0.267 e. The third kappa shape index (κ3) is 5.29. The summed E-state index contributed by atoms with van der Waals surface area (Å²) in [4.78, 5) is 17.9. The molecular formula is C22H23ClN4OS. The topological polar surface area (TPSA) is 49.3 Å². The Morgan fingerprint density at radius 2 is 1.62 bits per heavy atom. The van der Waals surface area contributed by atoms with Crippen LogP contribution in [0.1, 0.15) is 15.2 Å². The zero-order valence-corrected chi connectivity index (χ0v) is 17.6. The largest absolute Gasteiger partial charge is 0.335 e. The Bertz CT molecular complexity index is 938. The van der Waals surface area contributed by atoms with Crippen molar-refractivity contribution < 1.29 is 4.79 Å². The van der Waals surface area contributed by atoms with Gasteiger partial charge in [0.05, 0.1) is 0 Å². The second kappa shape index (κ2) is 10.3. The minimum Gasteiger partial charge on any atom is -0.335 e. The van der Waals surface area contributed by atoms with Crippen LogP contribution in [-0.2, 0) is 0 Å². The summed E-state index contributed by atoms with van der Waals surface area (Å²) in [6, 6.07) is 20.1. The zero-order chi connectivity index (χ0) is 19.2. The molecular weight excluding hydrogens is 404 g/mol. The highest BCUT2D eigenvalue weighted by Crippen LogP contribution is 2.25. The standard InChI is InChI=1S/C22H22N4OS.ClH/c27-22(21-20(23-24-28-21)19-11-5-2-6-12-19)26-16-14-25(15-17-26)13-7-10-18-8-3-1-4-9-18;/h1-12H,13-17H2;1H/b10-7+;. The van der Waals surface area contributed by atoms with Gasteiger partial charge in [-0.3, -0.25) is 9.69 Å². The lowest BCUT2D eigenvalue weighted by Gasteiger charge is -2.33. The van der Waals surface area contributed by atoms with Crippen LogP contribution in [0, 0.1) is 0 Å². The molecule has 0 aliphatic carbocycles. The summed E-state index contributed by atoms with van der Waals surface area (Å²) in [6.45, 7) is 4.10. The molecule has 2 heterocycles. The molecule has 0 saturated carbocycles. The van der Waals surface area contributed by atoms with Gasteiger partial charge in [0.2, 0.25) is 0 Å². The van der Waals surface area contributed by atoms with E-state index in [1.165, 1.54) is 17.1 Å². The lowest BCUT2D eigenvalue weighted by Crippen LogP contribution is -2.48. The first-order valence-electron chi connectivity index (χ1n) is 9.42. The fraction of sp³-hybridized carbons (Fsp3) is 0.227. The maximum Gasteiger partial charge on any atom is 0.267 e. The van der Waals surface area contributed by atoms with Crippen molar-refractivity contribution in [2.24, 2.45) is 0 Å². The second-order valence-corrected chi connectivity index (χ2v) is 7.48. The van der Waals surface area contributed by atoms with Crippen LogP contribution in [-0.4, -0.2) is 58.0 Å². The third-order valence-corrected chi connectivity index (χ3v) is 5.58. The number of benzene rings is 2. The van der Waals surface area contributed by atoms with Gasteiger partial charge >= 0.3 is 0 Å². The average Bonchev–Trinajstić information content (AvgIpc) is 3.25. The van der Waals surface area contributed by atoms with Crippen molar-refractivity contribution in [1.82, 2.24) is 19.4 Å². The predicted octanol–water partition coefficient (Wildman–Crippen LogP) is 4.10. The third-order valence-electron chi connectivity index (χ3n) is 4.86. The van der Waals surface area contributed by atoms with E-state index in [0.717, 1.165) is 38.3 Å². The molecule has 5 nitrogen and oxygen atoms in total. The lowest BCUT2D eigenvalue weighted by molar-refractivity contribution is 0.0655. The van der Waals surface area contributed by atoms with E-state index in [4.69, 9.17) is 0 Å². The van der Waals surface area contributed by atoms with Crippen molar-refractivity contribution in [2.45, 2.75) is 0 Å². The summed E-state index contributed by atoms with van der Waals surface area (Å²) < 4.78 is 4.02. The molecule has 1 aliphatic heterocycles. The highest BCUT2D eigenvalue weighted by Gasteiger charge is 2.26. The van der Waals surface area contributed by atoms with Crippen molar-refractivity contribution in [3.63, 3.8) is 0 Å². The SMILES string of the molecule is Cl.O=C(c1snnc1-c1ccccc1)N1CCN(C/C=C/c2ccccc2)CC1. The Morgan fingerprint density at radius 1 is 0.966 bits per heavy atom. The molecule has 1 saturated heterocycles. The molecule has 2 aromatic carbocycles. The number of hydrogen-bond donors (Lipinski definition) is 0. The maximum absolute atomic E-state index is 13.0. The van der Waals surface area contributed by atoms with Gasteiger partial charge in [-0.25, -0.2) is 0 Å². The van der Waals surface area contributed by atoms with Gasteiger partial charge in [0.15, 0.2) is 0 Å². The number of hydrogen-bond acceptors (Lipinski definition) is 5. The molecule has 1 aliphatic rings. The minimum atomic E-state index is 0. The van der Waals surface area contributed by atoms with E-state index in [-0.39, 0.29) is 18.3 Å². The van der Waals surface area contributed by atoms with E-state index in [0.29, 0.717) is 10.6 Å². The van der Waals surface area contributed by atoms with Crippen LogP contribution in [0.2, 0.25) is 0 Å². The first kappa shape index (κ1) is 21.2. The number of carbonyl (C=O) groups is 1. The van der Waals surface area contributed by atoms with Crippen molar-refractivity contribution in [3.05, 3.63) is 77.2 Å². The zero-order valence-electron chi connectivity index (χ0n) is 16.0. The van der Waals surface area contributed by atoms with E-state index < -0.39 is 0 Å². The van der Waals surface area contributed by atoms with Gasteiger partial charge in [-0.15, -0.1) is 17.5 Å². The van der Waals surface area contributed by atoms with Crippen LogP contribution in [0.25, 0.3) is 17.3 Å². The number of nitrogens with zero attached hydrogens (tertiary/aromatic N) is 4. The number of carbonyl (C=O) groups excluding carboxylic acids is 1. The molecule has 29 heavy (non-hydrogen) atoms. The Balaban J connectivity index is 0.00000240. The molecule has 7 heteroatoms. The summed E-state index contributed by atoms with van der Waals surface area (Å²) in [6.07, 6.45) is 4.33. The van der Waals surface area contributed by atoms with Crippen molar-refractivity contribution in [1.29, 1.82) is 0 Å². The van der Waals surface area contributed by atoms with Gasteiger partial charge in [0.1, 0.15) is 10.6 Å². The van der Waals surface area contributed by atoms with Crippen LogP contribution in [0.3, 0.4) is 0 Å². The van der Waals surface area contributed by atoms with Gasteiger partial charge in [-0.1, -0.05) is 77.3 Å². The van der Waals surface area contributed by atoms with Gasteiger partial charge in [0.25, 0.3) is 5.91 Å². The molecule has 4 rings (SSSR count). The number of piperazine rings is 1. The minimum absolute atomic E-state index is 0. The summed E-state index contributed by atoms with van der Waals surface area (Å²) in [7, 11) is 0. The van der Waals surface area contributed by atoms with E-state index >= 15 is 0 Å². The Labute approximate surface area is 181 Å². The van der Waals surface area contributed by atoms with Crippen molar-refractivity contribution in [3.8, 4) is 11.3 Å². The molecule has 0 N–H and O–H groups in total.